The molecule has 0 saturated heterocycles. The Morgan fingerprint density at radius 2 is 2.06 bits per heavy atom. The molecule has 1 aliphatic rings. The maximum atomic E-state index is 11.9. The van der Waals surface area contributed by atoms with E-state index in [1.54, 1.807) is 7.05 Å². The minimum absolute atomic E-state index is 0.130. The molecule has 18 heavy (non-hydrogen) atoms. The summed E-state index contributed by atoms with van der Waals surface area (Å²) in [4.78, 5) is 30.7. The molecule has 1 saturated carbocycles. The maximum Gasteiger partial charge on any atom is 0.332 e. The maximum absolute atomic E-state index is 11.9. The predicted octanol–water partition coefficient (Wildman–Crippen LogP) is -1.53. The first-order valence-corrected chi connectivity index (χ1v) is 5.67. The predicted molar refractivity (Wildman–Crippen MR) is 66.6 cm³/mol. The van der Waals surface area contributed by atoms with Crippen LogP contribution in [0.15, 0.2) is 9.59 Å². The number of aryl methyl sites for hydroxylation is 1. The molecule has 2 heterocycles. The second-order valence-corrected chi connectivity index (χ2v) is 4.64. The highest BCUT2D eigenvalue weighted by Crippen LogP contribution is 2.22. The molecule has 96 valence electrons. The number of rotatable bonds is 2. The summed E-state index contributed by atoms with van der Waals surface area (Å²) >= 11 is 0. The lowest BCUT2D eigenvalue weighted by Crippen LogP contribution is -2.36. The minimum Gasteiger partial charge on any atom is -0.351 e. The monoisotopic (exact) mass is 250 g/mol. The number of aromatic nitrogens is 4. The van der Waals surface area contributed by atoms with Gasteiger partial charge < -0.3 is 16.0 Å². The molecular weight excluding hydrogens is 236 g/mol. The molecule has 8 heteroatoms. The van der Waals surface area contributed by atoms with Gasteiger partial charge in [0, 0.05) is 26.2 Å². The number of nitrogens with one attached hydrogen (secondary N) is 2. The molecule has 2 unspecified atom stereocenters. The number of hydrogen-bond donors (Lipinski definition) is 3. The van der Waals surface area contributed by atoms with Gasteiger partial charge >= 0.3 is 5.69 Å². The fourth-order valence-corrected chi connectivity index (χ4v) is 1.95. The van der Waals surface area contributed by atoms with Gasteiger partial charge in [0.15, 0.2) is 11.2 Å². The first kappa shape index (κ1) is 11.0. The Morgan fingerprint density at radius 3 is 2.67 bits per heavy atom. The van der Waals surface area contributed by atoms with Crippen LogP contribution in [0.2, 0.25) is 0 Å². The van der Waals surface area contributed by atoms with E-state index in [-0.39, 0.29) is 17.6 Å². The van der Waals surface area contributed by atoms with Crippen LogP contribution in [0.1, 0.15) is 6.42 Å². The van der Waals surface area contributed by atoms with Crippen LogP contribution in [0.5, 0.6) is 0 Å². The van der Waals surface area contributed by atoms with Crippen molar-refractivity contribution in [2.75, 3.05) is 5.32 Å². The van der Waals surface area contributed by atoms with E-state index in [0.717, 1.165) is 11.0 Å². The summed E-state index contributed by atoms with van der Waals surface area (Å²) in [6.07, 6.45) is 0.883. The Hall–Kier alpha value is -2.09. The number of H-pyrrole nitrogens is 1. The Balaban J connectivity index is 2.17. The van der Waals surface area contributed by atoms with Crippen molar-refractivity contribution >= 4 is 17.1 Å². The van der Waals surface area contributed by atoms with Crippen molar-refractivity contribution in [3.8, 4) is 0 Å². The van der Waals surface area contributed by atoms with Crippen molar-refractivity contribution in [1.29, 1.82) is 0 Å². The van der Waals surface area contributed by atoms with Crippen LogP contribution < -0.4 is 22.3 Å². The first-order valence-electron chi connectivity index (χ1n) is 5.67. The van der Waals surface area contributed by atoms with Crippen molar-refractivity contribution in [1.82, 2.24) is 19.1 Å². The Morgan fingerprint density at radius 1 is 1.39 bits per heavy atom. The van der Waals surface area contributed by atoms with Gasteiger partial charge in [0.25, 0.3) is 5.56 Å². The van der Waals surface area contributed by atoms with Crippen molar-refractivity contribution < 1.29 is 0 Å². The molecule has 0 aromatic carbocycles. The van der Waals surface area contributed by atoms with Gasteiger partial charge in [-0.05, 0) is 6.42 Å². The highest BCUT2D eigenvalue weighted by atomic mass is 16.2. The molecule has 0 aliphatic heterocycles. The van der Waals surface area contributed by atoms with Crippen molar-refractivity contribution in [3.63, 3.8) is 0 Å². The number of hydrogen-bond acceptors (Lipinski definition) is 5. The van der Waals surface area contributed by atoms with E-state index in [2.05, 4.69) is 15.3 Å². The second kappa shape index (κ2) is 3.45. The fraction of sp³-hybridized carbons (Fsp3) is 0.500. The largest absolute Gasteiger partial charge is 0.351 e. The normalized spacial score (nSPS) is 22.4. The van der Waals surface area contributed by atoms with Crippen LogP contribution in [-0.2, 0) is 14.1 Å². The molecule has 0 amide bonds. The number of fused-ring (bicyclic) bond motifs is 1. The molecule has 2 aromatic rings. The van der Waals surface area contributed by atoms with Crippen LogP contribution in [0.4, 0.5) is 5.95 Å². The first-order chi connectivity index (χ1) is 8.49. The van der Waals surface area contributed by atoms with Crippen LogP contribution in [0.3, 0.4) is 0 Å². The second-order valence-electron chi connectivity index (χ2n) is 4.64. The summed E-state index contributed by atoms with van der Waals surface area (Å²) in [6.45, 7) is 0. The van der Waals surface area contributed by atoms with Crippen molar-refractivity contribution in [2.24, 2.45) is 19.8 Å². The SMILES string of the molecule is Cn1c(=O)c2[nH]c(NC3CC3N)nc2n(C)c1=O. The standard InChI is InChI=1S/C10H14N6O2/c1-15-7-6(8(17)16(2)10(15)18)13-9(14-7)12-5-3-4(5)11/h4-5H,3,11H2,1-2H3,(H2,12,13,14). The van der Waals surface area contributed by atoms with Crippen molar-refractivity contribution in [2.45, 2.75) is 18.5 Å². The lowest BCUT2D eigenvalue weighted by molar-refractivity contribution is 0.709. The zero-order valence-electron chi connectivity index (χ0n) is 10.1. The van der Waals surface area contributed by atoms with Gasteiger partial charge in [-0.25, -0.2) is 4.79 Å². The third-order valence-corrected chi connectivity index (χ3v) is 3.26. The quantitative estimate of drug-likeness (QED) is 0.599. The van der Waals surface area contributed by atoms with Crippen LogP contribution in [-0.4, -0.2) is 31.2 Å². The molecule has 2 aromatic heterocycles. The van der Waals surface area contributed by atoms with Crippen molar-refractivity contribution in [3.05, 3.63) is 20.8 Å². The van der Waals surface area contributed by atoms with Crippen LogP contribution in [0.25, 0.3) is 11.2 Å². The van der Waals surface area contributed by atoms with Gasteiger partial charge in [0.05, 0.1) is 0 Å². The smallest absolute Gasteiger partial charge is 0.332 e. The third kappa shape index (κ3) is 1.46. The van der Waals surface area contributed by atoms with E-state index >= 15 is 0 Å². The zero-order chi connectivity index (χ0) is 13.0. The van der Waals surface area contributed by atoms with Gasteiger partial charge in [-0.1, -0.05) is 0 Å². The molecule has 0 bridgehead atoms. The number of anilines is 1. The van der Waals surface area contributed by atoms with E-state index in [1.807, 2.05) is 0 Å². The summed E-state index contributed by atoms with van der Waals surface area (Å²) in [5.41, 5.74) is 5.58. The highest BCUT2D eigenvalue weighted by molar-refractivity contribution is 5.72. The van der Waals surface area contributed by atoms with E-state index < -0.39 is 5.69 Å². The minimum atomic E-state index is -0.395. The fourth-order valence-electron chi connectivity index (χ4n) is 1.95. The Labute approximate surface area is 101 Å². The van der Waals surface area contributed by atoms with Crippen LogP contribution >= 0.6 is 0 Å². The highest BCUT2D eigenvalue weighted by Gasteiger charge is 2.34. The lowest BCUT2D eigenvalue weighted by atomic mass is 10.5. The topological polar surface area (TPSA) is 111 Å². The van der Waals surface area contributed by atoms with E-state index in [1.165, 1.54) is 11.6 Å². The average molecular weight is 250 g/mol. The summed E-state index contributed by atoms with van der Waals surface area (Å²) < 4.78 is 2.39. The molecule has 1 fully saturated rings. The Bertz CT molecular complexity index is 739. The Kier molecular flexibility index (Phi) is 2.11. The summed E-state index contributed by atoms with van der Waals surface area (Å²) in [7, 11) is 3.02. The molecule has 0 radical (unpaired) electrons. The van der Waals surface area contributed by atoms with E-state index in [9.17, 15) is 9.59 Å². The average Bonchev–Trinajstić information content (AvgIpc) is 2.87. The lowest BCUT2D eigenvalue weighted by Gasteiger charge is -2.00. The van der Waals surface area contributed by atoms with E-state index in [0.29, 0.717) is 17.1 Å². The molecule has 2 atom stereocenters. The molecule has 1 aliphatic carbocycles. The molecule has 0 spiro atoms. The van der Waals surface area contributed by atoms with Gasteiger partial charge in [-0.3, -0.25) is 13.9 Å². The summed E-state index contributed by atoms with van der Waals surface area (Å²) in [5.74, 6) is 0.473. The third-order valence-electron chi connectivity index (χ3n) is 3.26. The molecule has 3 rings (SSSR count). The number of nitrogens with two attached hydrogens (primary N) is 1. The van der Waals surface area contributed by atoms with E-state index in [4.69, 9.17) is 5.73 Å². The van der Waals surface area contributed by atoms with Gasteiger partial charge in [-0.2, -0.15) is 4.98 Å². The molecule has 4 N–H and O–H groups in total. The summed E-state index contributed by atoms with van der Waals surface area (Å²) in [5, 5.41) is 3.09. The molecule has 8 nitrogen and oxygen atoms in total. The van der Waals surface area contributed by atoms with Crippen LogP contribution in [0, 0.1) is 0 Å². The van der Waals surface area contributed by atoms with Gasteiger partial charge in [0.1, 0.15) is 0 Å². The zero-order valence-corrected chi connectivity index (χ0v) is 10.1. The molecular formula is C10H14N6O2. The summed E-state index contributed by atoms with van der Waals surface area (Å²) in [6, 6.07) is 0.316. The number of imidazole rings is 1. The van der Waals surface area contributed by atoms with Gasteiger partial charge in [0.2, 0.25) is 5.95 Å². The number of nitrogens with zero attached hydrogens (tertiary/aromatic N) is 3. The van der Waals surface area contributed by atoms with Gasteiger partial charge in [-0.15, -0.1) is 0 Å². The number of aromatic amines is 1.